The molecule has 0 aliphatic carbocycles. The Morgan fingerprint density at radius 3 is 1.15 bits per heavy atom. The molecule has 4 aliphatic heterocycles. The highest BCUT2D eigenvalue weighted by molar-refractivity contribution is 6.27. The summed E-state index contributed by atoms with van der Waals surface area (Å²) >= 11 is 0. The lowest BCUT2D eigenvalue weighted by molar-refractivity contribution is -0.159. The molecule has 0 radical (unpaired) electrons. The lowest BCUT2D eigenvalue weighted by Gasteiger charge is -2.51. The van der Waals surface area contributed by atoms with E-state index in [4.69, 9.17) is 29.3 Å². The lowest BCUT2D eigenvalue weighted by atomic mass is 9.71. The highest BCUT2D eigenvalue weighted by Crippen LogP contribution is 2.39. The summed E-state index contributed by atoms with van der Waals surface area (Å²) in [6.45, 7) is 21.8. The van der Waals surface area contributed by atoms with Crippen LogP contribution in [0.25, 0.3) is 0 Å². The van der Waals surface area contributed by atoms with E-state index in [1.54, 1.807) is 0 Å². The van der Waals surface area contributed by atoms with Crippen molar-refractivity contribution >= 4 is 24.1 Å². The maximum Gasteiger partial charge on any atom is 0.414 e. The van der Waals surface area contributed by atoms with Gasteiger partial charge in [-0.3, -0.25) is 0 Å². The molecule has 4 saturated heterocycles. The van der Waals surface area contributed by atoms with Crippen molar-refractivity contribution in [3.8, 4) is 0 Å². The molecule has 0 aromatic heterocycles. The average Bonchev–Trinajstić information content (AvgIpc) is 2.75. The average molecular weight is 571 g/mol. The van der Waals surface area contributed by atoms with Crippen molar-refractivity contribution in [3.63, 3.8) is 0 Å². The van der Waals surface area contributed by atoms with Crippen LogP contribution in [0.5, 0.6) is 0 Å². The van der Waals surface area contributed by atoms with Gasteiger partial charge in [0, 0.05) is 51.4 Å². The Bertz CT molecular complexity index is 844. The quantitative estimate of drug-likeness (QED) is 0.319. The summed E-state index contributed by atoms with van der Waals surface area (Å²) in [4.78, 5) is 46.0. The first-order valence-electron chi connectivity index (χ1n) is 14.1. The zero-order valence-corrected chi connectivity index (χ0v) is 25.5. The minimum Gasteiger partial charge on any atom is -0.473 e. The van der Waals surface area contributed by atoms with Crippen molar-refractivity contribution in [2.45, 2.75) is 104 Å². The minimum atomic E-state index is -1.82. The van der Waals surface area contributed by atoms with Crippen LogP contribution >= 0.6 is 0 Å². The number of rotatable bonds is 0. The first-order chi connectivity index (χ1) is 18.3. The van der Waals surface area contributed by atoms with Crippen LogP contribution in [0.2, 0.25) is 0 Å². The molecule has 12 heteroatoms. The Morgan fingerprint density at radius 2 is 0.975 bits per heavy atom. The largest absolute Gasteiger partial charge is 0.473 e. The summed E-state index contributed by atoms with van der Waals surface area (Å²) in [6, 6.07) is 0.585. The molecular formula is C28H50N4O8. The van der Waals surface area contributed by atoms with E-state index in [9.17, 15) is 9.59 Å². The zero-order chi connectivity index (χ0) is 30.5. The van der Waals surface area contributed by atoms with E-state index in [1.807, 2.05) is 51.3 Å². The molecule has 12 nitrogen and oxygen atoms in total. The first-order valence-corrected chi connectivity index (χ1v) is 14.1. The predicted molar refractivity (Wildman–Crippen MR) is 149 cm³/mol. The van der Waals surface area contributed by atoms with E-state index in [1.165, 1.54) is 0 Å². The minimum absolute atomic E-state index is 0.160. The number of hydrogen-bond acceptors (Lipinski definition) is 8. The third-order valence-electron chi connectivity index (χ3n) is 7.73. The van der Waals surface area contributed by atoms with Gasteiger partial charge in [0.2, 0.25) is 0 Å². The van der Waals surface area contributed by atoms with Crippen LogP contribution in [-0.4, -0.2) is 107 Å². The number of amides is 2. The maximum absolute atomic E-state index is 12.0. The third-order valence-corrected chi connectivity index (χ3v) is 7.73. The summed E-state index contributed by atoms with van der Waals surface area (Å²) in [5, 5.41) is 21.5. The van der Waals surface area contributed by atoms with E-state index in [0.29, 0.717) is 22.9 Å². The molecule has 230 valence electrons. The normalized spacial score (nSPS) is 24.7. The number of carboxylic acid groups (broad SMARTS) is 2. The lowest BCUT2D eigenvalue weighted by Crippen LogP contribution is -2.61. The number of carbonyl (C=O) groups excluding carboxylic acids is 2. The fourth-order valence-corrected chi connectivity index (χ4v) is 5.62. The highest BCUT2D eigenvalue weighted by atomic mass is 16.6. The van der Waals surface area contributed by atoms with Crippen molar-refractivity contribution in [2.24, 2.45) is 10.8 Å². The van der Waals surface area contributed by atoms with Gasteiger partial charge < -0.3 is 40.1 Å². The second-order valence-electron chi connectivity index (χ2n) is 13.8. The SMILES string of the molecule is CC1CC2(CCN1C(=O)OC(C)(C)C)CNC2.CC1CC2(CCN1C(=O)OC(C)(C)C)CNC2.O=C(O)C(=O)O. The Labute approximate surface area is 238 Å². The second-order valence-corrected chi connectivity index (χ2v) is 13.8. The van der Waals surface area contributed by atoms with Gasteiger partial charge in [-0.15, -0.1) is 0 Å². The zero-order valence-electron chi connectivity index (χ0n) is 25.5. The van der Waals surface area contributed by atoms with Crippen LogP contribution in [-0.2, 0) is 19.1 Å². The molecule has 2 amide bonds. The third kappa shape index (κ3) is 9.79. The van der Waals surface area contributed by atoms with E-state index < -0.39 is 23.1 Å². The molecule has 4 rings (SSSR count). The van der Waals surface area contributed by atoms with Crippen LogP contribution in [0.3, 0.4) is 0 Å². The molecule has 4 heterocycles. The van der Waals surface area contributed by atoms with Crippen molar-refractivity contribution in [1.29, 1.82) is 0 Å². The Hall–Kier alpha value is -2.60. The molecule has 4 aliphatic rings. The van der Waals surface area contributed by atoms with E-state index in [2.05, 4.69) is 24.5 Å². The van der Waals surface area contributed by atoms with Crippen LogP contribution in [0.1, 0.15) is 81.1 Å². The van der Waals surface area contributed by atoms with Gasteiger partial charge in [0.1, 0.15) is 11.2 Å². The van der Waals surface area contributed by atoms with Gasteiger partial charge in [-0.1, -0.05) is 0 Å². The van der Waals surface area contributed by atoms with Gasteiger partial charge in [0.05, 0.1) is 0 Å². The Morgan fingerprint density at radius 1 is 0.675 bits per heavy atom. The number of nitrogens with zero attached hydrogens (tertiary/aromatic N) is 2. The van der Waals surface area contributed by atoms with Crippen LogP contribution in [0.4, 0.5) is 9.59 Å². The molecule has 2 spiro atoms. The van der Waals surface area contributed by atoms with Crippen molar-refractivity contribution in [1.82, 2.24) is 20.4 Å². The molecule has 0 bridgehead atoms. The number of piperidine rings is 2. The highest BCUT2D eigenvalue weighted by Gasteiger charge is 2.45. The monoisotopic (exact) mass is 570 g/mol. The molecule has 40 heavy (non-hydrogen) atoms. The van der Waals surface area contributed by atoms with Gasteiger partial charge in [-0.2, -0.15) is 0 Å². The number of ether oxygens (including phenoxy) is 2. The summed E-state index contributed by atoms with van der Waals surface area (Å²) in [7, 11) is 0. The molecule has 4 fully saturated rings. The van der Waals surface area contributed by atoms with Gasteiger partial charge >= 0.3 is 24.1 Å². The fraction of sp³-hybridized carbons (Fsp3) is 0.857. The van der Waals surface area contributed by atoms with Gasteiger partial charge in [0.15, 0.2) is 0 Å². The van der Waals surface area contributed by atoms with Crippen molar-refractivity contribution in [2.75, 3.05) is 39.3 Å². The number of hydrogen-bond donors (Lipinski definition) is 4. The van der Waals surface area contributed by atoms with Crippen LogP contribution < -0.4 is 10.6 Å². The summed E-state index contributed by atoms with van der Waals surface area (Å²) in [6.07, 6.45) is 4.07. The maximum atomic E-state index is 12.0. The topological polar surface area (TPSA) is 158 Å². The molecule has 4 N–H and O–H groups in total. The molecule has 2 atom stereocenters. The van der Waals surface area contributed by atoms with E-state index >= 15 is 0 Å². The summed E-state index contributed by atoms with van der Waals surface area (Å²) in [5.41, 5.74) is 0.115. The number of carbonyl (C=O) groups is 4. The molecule has 0 saturated carbocycles. The fourth-order valence-electron chi connectivity index (χ4n) is 5.62. The van der Waals surface area contributed by atoms with Crippen molar-refractivity contribution in [3.05, 3.63) is 0 Å². The Balaban J connectivity index is 0.000000234. The first kappa shape index (κ1) is 33.6. The number of likely N-dealkylation sites (tertiary alicyclic amines) is 2. The van der Waals surface area contributed by atoms with Crippen molar-refractivity contribution < 1.29 is 38.9 Å². The molecular weight excluding hydrogens is 520 g/mol. The second kappa shape index (κ2) is 12.9. The molecule has 2 unspecified atom stereocenters. The van der Waals surface area contributed by atoms with Gasteiger partial charge in [-0.05, 0) is 91.9 Å². The summed E-state index contributed by atoms with van der Waals surface area (Å²) < 4.78 is 10.9. The number of nitrogens with one attached hydrogen (secondary N) is 2. The number of aliphatic carboxylic acids is 2. The van der Waals surface area contributed by atoms with E-state index in [-0.39, 0.29) is 12.2 Å². The smallest absolute Gasteiger partial charge is 0.414 e. The van der Waals surface area contributed by atoms with E-state index in [0.717, 1.165) is 65.0 Å². The Kier molecular flexibility index (Phi) is 10.9. The van der Waals surface area contributed by atoms with Gasteiger partial charge in [-0.25, -0.2) is 19.2 Å². The molecule has 0 aromatic carbocycles. The standard InChI is InChI=1S/2C13H24N2O2.C2H2O4/c2*1-10-7-13(8-14-9-13)5-6-15(10)11(16)17-12(2,3)4;3-1(4)2(5)6/h2*10,14H,5-9H2,1-4H3;(H,3,4)(H,5,6). The van der Waals surface area contributed by atoms with Crippen LogP contribution in [0.15, 0.2) is 0 Å². The predicted octanol–water partition coefficient (Wildman–Crippen LogP) is 3.15. The summed E-state index contributed by atoms with van der Waals surface area (Å²) in [5.74, 6) is -3.65. The molecule has 0 aromatic rings. The van der Waals surface area contributed by atoms with Crippen LogP contribution in [0, 0.1) is 10.8 Å². The number of carboxylic acids is 2. The van der Waals surface area contributed by atoms with Gasteiger partial charge in [0.25, 0.3) is 0 Å².